The fourth-order valence-corrected chi connectivity index (χ4v) is 2.03. The molecular weight excluding hydrogens is 373 g/mol. The van der Waals surface area contributed by atoms with Gasteiger partial charge >= 0.3 is 12.1 Å². The maximum atomic E-state index is 12.8. The van der Waals surface area contributed by atoms with Crippen LogP contribution in [0.1, 0.15) is 34.6 Å². The third-order valence-corrected chi connectivity index (χ3v) is 3.58. The van der Waals surface area contributed by atoms with Gasteiger partial charge in [-0.1, -0.05) is 6.07 Å². The molecule has 0 aliphatic heterocycles. The summed E-state index contributed by atoms with van der Waals surface area (Å²) in [6, 6.07) is 5.24. The molecule has 0 aliphatic rings. The largest absolute Gasteiger partial charge is 0.471 e. The monoisotopic (exact) mass is 389 g/mol. The van der Waals surface area contributed by atoms with Crippen LogP contribution in [0.25, 0.3) is 0 Å². The number of hydrogen-bond donors (Lipinski definition) is 1. The Bertz CT molecular complexity index is 794. The van der Waals surface area contributed by atoms with Gasteiger partial charge in [-0.2, -0.15) is 22.0 Å². The molecule has 0 aromatic carbocycles. The molecule has 2 aromatic rings. The number of aromatic nitrogens is 2. The van der Waals surface area contributed by atoms with E-state index in [0.717, 1.165) is 6.07 Å². The minimum absolute atomic E-state index is 0.349. The first-order chi connectivity index (χ1) is 12.5. The van der Waals surface area contributed by atoms with E-state index in [-0.39, 0.29) is 11.8 Å². The lowest BCUT2D eigenvalue weighted by Gasteiger charge is -2.19. The smallest absolute Gasteiger partial charge is 0.456 e. The fraction of sp³-hybridized carbons (Fsp3) is 0.353. The van der Waals surface area contributed by atoms with Crippen molar-refractivity contribution in [1.82, 2.24) is 15.3 Å². The zero-order valence-electron chi connectivity index (χ0n) is 14.3. The van der Waals surface area contributed by atoms with Crippen molar-refractivity contribution < 1.29 is 31.5 Å². The Morgan fingerprint density at radius 2 is 1.89 bits per heavy atom. The average molecular weight is 389 g/mol. The Balaban J connectivity index is 1.97. The first-order valence-corrected chi connectivity index (χ1v) is 7.76. The maximum Gasteiger partial charge on any atom is 0.456 e. The van der Waals surface area contributed by atoms with Crippen LogP contribution < -0.4 is 10.1 Å². The lowest BCUT2D eigenvalue weighted by molar-refractivity contribution is -0.290. The lowest BCUT2D eigenvalue weighted by Crippen LogP contribution is -2.41. The molecule has 1 N–H and O–H groups in total. The van der Waals surface area contributed by atoms with Crippen molar-refractivity contribution in [3.05, 3.63) is 53.5 Å². The predicted molar refractivity (Wildman–Crippen MR) is 85.6 cm³/mol. The van der Waals surface area contributed by atoms with E-state index in [1.807, 2.05) is 0 Å². The van der Waals surface area contributed by atoms with Crippen LogP contribution in [-0.4, -0.2) is 34.6 Å². The van der Waals surface area contributed by atoms with E-state index in [1.165, 1.54) is 18.5 Å². The van der Waals surface area contributed by atoms with Crippen LogP contribution in [-0.2, 0) is 0 Å². The highest BCUT2D eigenvalue weighted by Crippen LogP contribution is 2.35. The number of alkyl halides is 5. The first kappa shape index (κ1) is 20.5. The van der Waals surface area contributed by atoms with Crippen molar-refractivity contribution in [3.63, 3.8) is 0 Å². The molecule has 0 saturated carbocycles. The topological polar surface area (TPSA) is 64.1 Å². The van der Waals surface area contributed by atoms with E-state index in [0.29, 0.717) is 16.8 Å². The number of nitrogens with zero attached hydrogens (tertiary/aromatic N) is 2. The van der Waals surface area contributed by atoms with Crippen molar-refractivity contribution in [3.8, 4) is 5.88 Å². The number of rotatable bonds is 6. The summed E-state index contributed by atoms with van der Waals surface area (Å²) in [6.07, 6.45) is -2.97. The average Bonchev–Trinajstić information content (AvgIpc) is 2.59. The van der Waals surface area contributed by atoms with Gasteiger partial charge in [0, 0.05) is 29.7 Å². The Morgan fingerprint density at radius 1 is 1.19 bits per heavy atom. The first-order valence-electron chi connectivity index (χ1n) is 7.76. The van der Waals surface area contributed by atoms with E-state index in [2.05, 4.69) is 20.0 Å². The van der Waals surface area contributed by atoms with E-state index < -0.39 is 24.7 Å². The zero-order chi connectivity index (χ0) is 20.2. The number of pyridine rings is 2. The summed E-state index contributed by atoms with van der Waals surface area (Å²) in [6.45, 7) is 1.54. The van der Waals surface area contributed by atoms with Gasteiger partial charge in [0.15, 0.2) is 6.61 Å². The van der Waals surface area contributed by atoms with Crippen LogP contribution in [0, 0.1) is 6.92 Å². The molecule has 27 heavy (non-hydrogen) atoms. The normalized spacial score (nSPS) is 13.1. The van der Waals surface area contributed by atoms with Gasteiger partial charge in [0.05, 0.1) is 6.04 Å². The molecule has 1 atom stereocenters. The second kappa shape index (κ2) is 7.85. The molecule has 0 saturated heterocycles. The van der Waals surface area contributed by atoms with Crippen LogP contribution in [0.5, 0.6) is 5.88 Å². The minimum atomic E-state index is -5.70. The number of hydrogen-bond acceptors (Lipinski definition) is 4. The number of carbonyl (C=O) groups is 1. The molecule has 0 fully saturated rings. The van der Waals surface area contributed by atoms with Crippen molar-refractivity contribution in [1.29, 1.82) is 0 Å². The Kier molecular flexibility index (Phi) is 5.97. The molecule has 0 spiro atoms. The molecule has 2 heterocycles. The van der Waals surface area contributed by atoms with Gasteiger partial charge in [-0.05, 0) is 31.5 Å². The number of ether oxygens (including phenoxy) is 1. The van der Waals surface area contributed by atoms with Crippen LogP contribution in [0.2, 0.25) is 0 Å². The van der Waals surface area contributed by atoms with Gasteiger partial charge in [-0.15, -0.1) is 0 Å². The SMILES string of the molecule is Cc1cc(C(=O)NC(C)c2ccc(OCC(F)(F)C(F)(F)F)nc2)ccn1. The third kappa shape index (κ3) is 5.35. The molecule has 1 amide bonds. The predicted octanol–water partition coefficient (Wildman–Crippen LogP) is 3.85. The minimum Gasteiger partial charge on any atom is -0.471 e. The molecule has 146 valence electrons. The Labute approximate surface area is 151 Å². The standard InChI is InChI=1S/C17H16F5N3O2/c1-10-7-12(5-6-23-10)15(26)25-11(2)13-3-4-14(24-8-13)27-9-16(18,19)17(20,21)22/h3-8,11H,9H2,1-2H3,(H,25,26). The van der Waals surface area contributed by atoms with Gasteiger partial charge in [0.2, 0.25) is 5.88 Å². The van der Waals surface area contributed by atoms with Crippen LogP contribution in [0.4, 0.5) is 22.0 Å². The summed E-state index contributed by atoms with van der Waals surface area (Å²) < 4.78 is 66.4. The van der Waals surface area contributed by atoms with Crippen LogP contribution >= 0.6 is 0 Å². The highest BCUT2D eigenvalue weighted by Gasteiger charge is 2.58. The fourth-order valence-electron chi connectivity index (χ4n) is 2.03. The maximum absolute atomic E-state index is 12.8. The second-order valence-corrected chi connectivity index (χ2v) is 5.80. The molecule has 0 radical (unpaired) electrons. The molecule has 1 unspecified atom stereocenters. The van der Waals surface area contributed by atoms with Gasteiger partial charge in [-0.25, -0.2) is 4.98 Å². The number of halogens is 5. The van der Waals surface area contributed by atoms with Gasteiger partial charge in [0.1, 0.15) is 0 Å². The number of aryl methyl sites for hydroxylation is 1. The number of amides is 1. The van der Waals surface area contributed by atoms with Gasteiger partial charge in [0.25, 0.3) is 5.91 Å². The van der Waals surface area contributed by atoms with E-state index in [4.69, 9.17) is 0 Å². The van der Waals surface area contributed by atoms with E-state index >= 15 is 0 Å². The molecule has 10 heteroatoms. The summed E-state index contributed by atoms with van der Waals surface area (Å²) in [5.41, 5.74) is 1.61. The van der Waals surface area contributed by atoms with E-state index in [1.54, 1.807) is 26.0 Å². The zero-order valence-corrected chi connectivity index (χ0v) is 14.3. The van der Waals surface area contributed by atoms with Crippen molar-refractivity contribution in [2.75, 3.05) is 6.61 Å². The molecular formula is C17H16F5N3O2. The van der Waals surface area contributed by atoms with Crippen molar-refractivity contribution in [2.45, 2.75) is 32.0 Å². The van der Waals surface area contributed by atoms with Gasteiger partial charge < -0.3 is 10.1 Å². The molecule has 0 bridgehead atoms. The third-order valence-electron chi connectivity index (χ3n) is 3.58. The van der Waals surface area contributed by atoms with Crippen LogP contribution in [0.15, 0.2) is 36.7 Å². The molecule has 2 aromatic heterocycles. The summed E-state index contributed by atoms with van der Waals surface area (Å²) >= 11 is 0. The number of carbonyl (C=O) groups excluding carboxylic acids is 1. The van der Waals surface area contributed by atoms with Gasteiger partial charge in [-0.3, -0.25) is 9.78 Å². The van der Waals surface area contributed by atoms with Crippen molar-refractivity contribution in [2.24, 2.45) is 0 Å². The Hall–Kier alpha value is -2.78. The second-order valence-electron chi connectivity index (χ2n) is 5.80. The summed E-state index contributed by atoms with van der Waals surface area (Å²) in [5.74, 6) is -5.71. The van der Waals surface area contributed by atoms with Crippen molar-refractivity contribution >= 4 is 5.91 Å². The molecule has 5 nitrogen and oxygen atoms in total. The molecule has 0 aliphatic carbocycles. The number of nitrogens with one attached hydrogen (secondary N) is 1. The molecule has 2 rings (SSSR count). The lowest BCUT2D eigenvalue weighted by atomic mass is 10.1. The summed E-state index contributed by atoms with van der Waals surface area (Å²) in [4.78, 5) is 19.9. The summed E-state index contributed by atoms with van der Waals surface area (Å²) in [5, 5.41) is 2.72. The van der Waals surface area contributed by atoms with E-state index in [9.17, 15) is 26.7 Å². The van der Waals surface area contributed by atoms with Crippen LogP contribution in [0.3, 0.4) is 0 Å². The Morgan fingerprint density at radius 3 is 2.44 bits per heavy atom. The summed E-state index contributed by atoms with van der Waals surface area (Å²) in [7, 11) is 0. The highest BCUT2D eigenvalue weighted by molar-refractivity contribution is 5.94. The quantitative estimate of drug-likeness (QED) is 0.763. The highest BCUT2D eigenvalue weighted by atomic mass is 19.4.